The molecule has 9 amide bonds. The summed E-state index contributed by atoms with van der Waals surface area (Å²) in [7, 11) is 0. The number of rotatable bonds is 38. The molecule has 77 heavy (non-hydrogen) atoms. The predicted molar refractivity (Wildman–Crippen MR) is 283 cm³/mol. The van der Waals surface area contributed by atoms with E-state index in [9.17, 15) is 63.3 Å². The molecule has 0 aliphatic heterocycles. The van der Waals surface area contributed by atoms with E-state index in [4.69, 9.17) is 40.1 Å². The molecular weight excluding hydrogens is 1010 g/mol. The van der Waals surface area contributed by atoms with Gasteiger partial charge in [0.15, 0.2) is 6.04 Å². The number of carboxylic acid groups (broad SMARTS) is 1. The van der Waals surface area contributed by atoms with Gasteiger partial charge in [0, 0.05) is 6.42 Å². The highest BCUT2D eigenvalue weighted by Crippen LogP contribution is 2.12. The number of amides is 9. The zero-order chi connectivity index (χ0) is 58.4. The first kappa shape index (κ1) is 68.6. The minimum absolute atomic E-state index is 0.0176. The van der Waals surface area contributed by atoms with Gasteiger partial charge in [0.05, 0.1) is 18.2 Å². The first-order valence-corrected chi connectivity index (χ1v) is 25.7. The largest absolute Gasteiger partial charge is 0.480 e. The van der Waals surface area contributed by atoms with Gasteiger partial charge in [-0.15, -0.1) is 0 Å². The first-order valence-electron chi connectivity index (χ1n) is 25.7. The fraction of sp³-hybridized carbons (Fsp3) is 0.667. The van der Waals surface area contributed by atoms with E-state index in [2.05, 4.69) is 47.9 Å². The van der Waals surface area contributed by atoms with Crippen molar-refractivity contribution in [1.29, 1.82) is 0 Å². The Bertz CT molecular complexity index is 2050. The van der Waals surface area contributed by atoms with Gasteiger partial charge >= 0.3 is 5.97 Å². The molecular formula is C48H86N16O13. The fourth-order valence-electron chi connectivity index (χ4n) is 7.52. The Morgan fingerprint density at radius 1 is 0.390 bits per heavy atom. The average molecular weight is 1100 g/mol. The van der Waals surface area contributed by atoms with Crippen molar-refractivity contribution in [2.45, 2.75) is 158 Å². The van der Waals surface area contributed by atoms with E-state index < -0.39 is 132 Å². The molecule has 0 saturated carbocycles. The second-order valence-electron chi connectivity index (χ2n) is 19.0. The summed E-state index contributed by atoms with van der Waals surface area (Å²) in [5.74, 6) is -9.47. The number of aliphatic carboxylic acids is 1. The molecule has 1 aromatic carbocycles. The average Bonchev–Trinajstić information content (AvgIpc) is 3.36. The first-order chi connectivity index (χ1) is 36.4. The van der Waals surface area contributed by atoms with Crippen LogP contribution in [0.15, 0.2) is 30.3 Å². The van der Waals surface area contributed by atoms with Crippen molar-refractivity contribution in [1.82, 2.24) is 47.9 Å². The summed E-state index contributed by atoms with van der Waals surface area (Å²) < 4.78 is 0. The number of carboxylic acids is 1. The van der Waals surface area contributed by atoms with Gasteiger partial charge in [-0.2, -0.15) is 0 Å². The molecule has 29 heteroatoms. The number of nitrogens with two attached hydrogens (primary N) is 7. The van der Waals surface area contributed by atoms with Crippen LogP contribution in [0.4, 0.5) is 0 Å². The molecule has 1 aromatic rings. The maximum atomic E-state index is 14.4. The van der Waals surface area contributed by atoms with Crippen LogP contribution in [0.1, 0.15) is 84.6 Å². The molecule has 436 valence electrons. The zero-order valence-corrected chi connectivity index (χ0v) is 44.5. The molecule has 0 aliphatic carbocycles. The number of aliphatic hydroxyl groups excluding tert-OH is 2. The SMILES string of the molecule is CC(C)CC[C@H](NC(=O)[C@@H](Cc1ccccc1)NC(=O)[C@H](CCN)NC(=O)[C@H](CCN)NC(=O)[C@H](CCN)NC(=O)[C@@H](NC(=O)[C@@H](N)CCN)[C@@H](C)O)C(=O)N[C@@H](CCN)C(=O)N[C@@H](CCN)C(=O)N[C@H](C(=O)O)[C@@H](C)O. The van der Waals surface area contributed by atoms with Crippen LogP contribution in [0.25, 0.3) is 0 Å². The van der Waals surface area contributed by atoms with Crippen LogP contribution in [0.5, 0.6) is 0 Å². The van der Waals surface area contributed by atoms with Crippen molar-refractivity contribution in [2.24, 2.45) is 46.1 Å². The molecule has 0 fully saturated rings. The third-order valence-corrected chi connectivity index (χ3v) is 11.9. The fourth-order valence-corrected chi connectivity index (χ4v) is 7.52. The van der Waals surface area contributed by atoms with E-state index in [1.807, 2.05) is 13.8 Å². The normalized spacial score (nSPS) is 15.9. The lowest BCUT2D eigenvalue weighted by molar-refractivity contribution is -0.145. The maximum absolute atomic E-state index is 14.4. The second-order valence-corrected chi connectivity index (χ2v) is 19.0. The number of benzene rings is 1. The van der Waals surface area contributed by atoms with Gasteiger partial charge in [0.1, 0.15) is 48.3 Å². The minimum Gasteiger partial charge on any atom is -0.480 e. The van der Waals surface area contributed by atoms with E-state index in [1.54, 1.807) is 30.3 Å². The third-order valence-electron chi connectivity index (χ3n) is 11.9. The Morgan fingerprint density at radius 3 is 1.01 bits per heavy atom. The summed E-state index contributed by atoms with van der Waals surface area (Å²) in [5, 5.41) is 52.1. The standard InChI is InChI=1S/C48H86N16O13/c1-25(2)10-11-30(40(68)57-31(13-19-50)42(70)60-35(17-23-54)45(73)64-38(27(4)66)48(76)77)56-46(74)36(24-28-8-6-5-7-9-28)62-44(72)33(15-21-52)59-41(69)32(14-20-51)58-43(71)34(16-22-53)61-47(75)37(26(3)65)63-39(67)29(55)12-18-49/h5-9,25-27,29-38,65-66H,10-24,49-55H2,1-4H3,(H,56,74)(H,57,68)(H,58,71)(H,59,69)(H,60,70)(H,61,75)(H,62,72)(H,63,67)(H,64,73)(H,76,77)/t26-,27-,29+,30+,31+,32+,33+,34+,35+,36-,37+,38+/m1/s1. The number of carbonyl (C=O) groups is 10. The molecule has 0 heterocycles. The molecule has 0 radical (unpaired) electrons. The van der Waals surface area contributed by atoms with E-state index in [-0.39, 0.29) is 96.6 Å². The lowest BCUT2D eigenvalue weighted by Crippen LogP contribution is -2.62. The van der Waals surface area contributed by atoms with Crippen LogP contribution in [-0.4, -0.2) is 186 Å². The molecule has 0 spiro atoms. The topological polar surface area (TPSA) is 522 Å². The van der Waals surface area contributed by atoms with Crippen LogP contribution in [0.2, 0.25) is 0 Å². The van der Waals surface area contributed by atoms with Crippen LogP contribution < -0.4 is 88.0 Å². The van der Waals surface area contributed by atoms with Crippen molar-refractivity contribution >= 4 is 59.1 Å². The molecule has 29 nitrogen and oxygen atoms in total. The number of aliphatic hydroxyl groups is 2. The zero-order valence-electron chi connectivity index (χ0n) is 44.5. The van der Waals surface area contributed by atoms with Crippen molar-refractivity contribution in [2.75, 3.05) is 39.3 Å². The third kappa shape index (κ3) is 25.1. The quantitative estimate of drug-likeness (QED) is 0.0292. The van der Waals surface area contributed by atoms with Crippen molar-refractivity contribution in [3.05, 3.63) is 35.9 Å². The Morgan fingerprint density at radius 2 is 0.688 bits per heavy atom. The highest BCUT2D eigenvalue weighted by molar-refractivity contribution is 5.98. The van der Waals surface area contributed by atoms with Crippen LogP contribution >= 0.6 is 0 Å². The van der Waals surface area contributed by atoms with Gasteiger partial charge in [0.2, 0.25) is 53.2 Å². The van der Waals surface area contributed by atoms with Crippen LogP contribution in [-0.2, 0) is 54.4 Å². The monoisotopic (exact) mass is 1090 g/mol. The lowest BCUT2D eigenvalue weighted by atomic mass is 10.00. The molecule has 12 atom stereocenters. The van der Waals surface area contributed by atoms with E-state index in [0.717, 1.165) is 6.92 Å². The number of nitrogens with one attached hydrogen (secondary N) is 9. The van der Waals surface area contributed by atoms with Crippen molar-refractivity contribution in [3.63, 3.8) is 0 Å². The lowest BCUT2D eigenvalue weighted by Gasteiger charge is -2.28. The van der Waals surface area contributed by atoms with Gasteiger partial charge in [0.25, 0.3) is 0 Å². The van der Waals surface area contributed by atoms with E-state index in [1.165, 1.54) is 6.92 Å². The van der Waals surface area contributed by atoms with Crippen LogP contribution in [0, 0.1) is 5.92 Å². The number of carbonyl (C=O) groups excluding carboxylic acids is 9. The van der Waals surface area contributed by atoms with Crippen molar-refractivity contribution < 1.29 is 63.3 Å². The number of hydrogen-bond donors (Lipinski definition) is 19. The summed E-state index contributed by atoms with van der Waals surface area (Å²) in [6.45, 7) is 5.53. The molecule has 26 N–H and O–H groups in total. The molecule has 0 aromatic heterocycles. The summed E-state index contributed by atoms with van der Waals surface area (Å²) in [6, 6.07) is -5.55. The van der Waals surface area contributed by atoms with Gasteiger partial charge in [-0.1, -0.05) is 44.2 Å². The van der Waals surface area contributed by atoms with Gasteiger partial charge < -0.3 is 103 Å². The molecule has 0 bridgehead atoms. The van der Waals surface area contributed by atoms with Crippen molar-refractivity contribution in [3.8, 4) is 0 Å². The minimum atomic E-state index is -1.71. The van der Waals surface area contributed by atoms with E-state index in [0.29, 0.717) is 12.0 Å². The highest BCUT2D eigenvalue weighted by Gasteiger charge is 2.36. The van der Waals surface area contributed by atoms with Gasteiger partial charge in [-0.3, -0.25) is 43.2 Å². The highest BCUT2D eigenvalue weighted by atomic mass is 16.4. The van der Waals surface area contributed by atoms with Gasteiger partial charge in [-0.25, -0.2) is 4.79 Å². The predicted octanol–water partition coefficient (Wildman–Crippen LogP) is -7.71. The van der Waals surface area contributed by atoms with Gasteiger partial charge in [-0.05, 0) is 116 Å². The second kappa shape index (κ2) is 36.6. The smallest absolute Gasteiger partial charge is 0.328 e. The summed E-state index contributed by atoms with van der Waals surface area (Å²) in [4.78, 5) is 135. The molecule has 0 unspecified atom stereocenters. The van der Waals surface area contributed by atoms with Crippen LogP contribution in [0.3, 0.4) is 0 Å². The summed E-state index contributed by atoms with van der Waals surface area (Å²) >= 11 is 0. The number of hydrogen-bond acceptors (Lipinski definition) is 19. The Balaban J connectivity index is 3.48. The van der Waals surface area contributed by atoms with E-state index >= 15 is 0 Å². The summed E-state index contributed by atoms with van der Waals surface area (Å²) in [5.41, 5.74) is 40.8. The molecule has 0 saturated heterocycles. The molecule has 0 aliphatic rings. The summed E-state index contributed by atoms with van der Waals surface area (Å²) in [6.07, 6.45) is -3.35. The molecule has 1 rings (SSSR count). The Labute approximate surface area is 448 Å². The Hall–Kier alpha value is -6.44. The Kier molecular flexibility index (Phi) is 32.6. The maximum Gasteiger partial charge on any atom is 0.328 e.